The van der Waals surface area contributed by atoms with E-state index in [2.05, 4.69) is 32.2 Å². The summed E-state index contributed by atoms with van der Waals surface area (Å²) < 4.78 is 63.8. The minimum atomic E-state index is -4.57. The molecule has 1 aliphatic heterocycles. The van der Waals surface area contributed by atoms with Crippen LogP contribution in [-0.4, -0.2) is 37.5 Å². The number of nitrogens with two attached hydrogens (primary N) is 1. The molecule has 2 aromatic heterocycles. The van der Waals surface area contributed by atoms with Crippen molar-refractivity contribution in [1.82, 2.24) is 20.0 Å². The third-order valence-corrected chi connectivity index (χ3v) is 6.26. The molecule has 10 nitrogen and oxygen atoms in total. The zero-order valence-corrected chi connectivity index (χ0v) is 19.9. The first-order valence-electron chi connectivity index (χ1n) is 11.0. The molecular weight excluding hydrogens is 487 g/mol. The lowest BCUT2D eigenvalue weighted by Gasteiger charge is -2.34. The van der Waals surface area contributed by atoms with Crippen molar-refractivity contribution in [3.63, 3.8) is 0 Å². The predicted molar refractivity (Wildman–Crippen MR) is 125 cm³/mol. The molecular formula is C21H28F3N7O3S. The molecule has 2 amide bonds. The molecule has 35 heavy (non-hydrogen) atoms. The van der Waals surface area contributed by atoms with E-state index in [1.807, 2.05) is 4.90 Å². The molecule has 0 aromatic carbocycles. The number of piperidine rings is 1. The van der Waals surface area contributed by atoms with E-state index in [1.54, 1.807) is 0 Å². The molecule has 0 atom stereocenters. The van der Waals surface area contributed by atoms with E-state index in [0.717, 1.165) is 25.3 Å². The van der Waals surface area contributed by atoms with Crippen LogP contribution in [0.1, 0.15) is 43.1 Å². The molecule has 5 N–H and O–H groups in total. The van der Waals surface area contributed by atoms with Crippen molar-refractivity contribution < 1.29 is 26.4 Å². The summed E-state index contributed by atoms with van der Waals surface area (Å²) in [6.07, 6.45) is -0.461. The normalized spacial score (nSPS) is 15.2. The van der Waals surface area contributed by atoms with Crippen LogP contribution in [0.2, 0.25) is 0 Å². The average Bonchev–Trinajstić information content (AvgIpc) is 2.81. The topological polar surface area (TPSA) is 142 Å². The van der Waals surface area contributed by atoms with E-state index in [9.17, 15) is 26.4 Å². The van der Waals surface area contributed by atoms with Gasteiger partial charge in [-0.15, -0.1) is 0 Å². The second-order valence-electron chi connectivity index (χ2n) is 8.23. The Hall–Kier alpha value is -2.97. The Balaban J connectivity index is 1.64. The fourth-order valence-corrected chi connectivity index (χ4v) is 4.08. The first kappa shape index (κ1) is 26.6. The standard InChI is InChI=1S/C21H28F3N7O3S/c1-2-14-7-9-31(10-8-14)19-15(3-6-18(30-19)21(22,23)24)11-27-20(32)29-17-5-4-16(26-12-17)13-28-35(25,33)34/h3-6,12,14,28H,2,7-11,13H2,1H3,(H2,25,33,34)(H2,27,29,32). The molecule has 3 rings (SSSR count). The van der Waals surface area contributed by atoms with Crippen LogP contribution in [0.3, 0.4) is 0 Å². The molecule has 0 aliphatic carbocycles. The number of rotatable bonds is 8. The van der Waals surface area contributed by atoms with Crippen LogP contribution in [0.4, 0.5) is 29.5 Å². The number of nitrogens with one attached hydrogen (secondary N) is 3. The summed E-state index contributed by atoms with van der Waals surface area (Å²) in [5.41, 5.74) is 0.235. The van der Waals surface area contributed by atoms with Gasteiger partial charge in [0, 0.05) is 25.2 Å². The Bertz CT molecular complexity index is 1120. The van der Waals surface area contributed by atoms with Crippen molar-refractivity contribution >= 4 is 27.7 Å². The lowest BCUT2D eigenvalue weighted by Crippen LogP contribution is -2.36. The van der Waals surface area contributed by atoms with Crippen LogP contribution in [-0.2, 0) is 29.5 Å². The Morgan fingerprint density at radius 2 is 1.89 bits per heavy atom. The van der Waals surface area contributed by atoms with E-state index in [-0.39, 0.29) is 18.9 Å². The highest BCUT2D eigenvalue weighted by atomic mass is 32.2. The van der Waals surface area contributed by atoms with Crippen molar-refractivity contribution in [1.29, 1.82) is 0 Å². The van der Waals surface area contributed by atoms with Crippen molar-refractivity contribution in [3.8, 4) is 0 Å². The third-order valence-electron chi connectivity index (χ3n) is 5.71. The second-order valence-corrected chi connectivity index (χ2v) is 9.61. The maximum Gasteiger partial charge on any atom is 0.433 e. The SMILES string of the molecule is CCC1CCN(c2nc(C(F)(F)F)ccc2CNC(=O)Nc2ccc(CNS(N)(=O)=O)nc2)CC1. The summed E-state index contributed by atoms with van der Waals surface area (Å²) in [6.45, 7) is 3.17. The van der Waals surface area contributed by atoms with Crippen LogP contribution in [0.15, 0.2) is 30.5 Å². The second kappa shape index (κ2) is 11.2. The first-order valence-corrected chi connectivity index (χ1v) is 12.6. The van der Waals surface area contributed by atoms with E-state index in [0.29, 0.717) is 36.0 Å². The van der Waals surface area contributed by atoms with Gasteiger partial charge in [-0.25, -0.2) is 14.9 Å². The summed E-state index contributed by atoms with van der Waals surface area (Å²) in [5, 5.41) is 10.1. The summed E-state index contributed by atoms with van der Waals surface area (Å²) in [6, 6.07) is 4.70. The smallest absolute Gasteiger partial charge is 0.356 e. The molecule has 0 radical (unpaired) electrons. The Kier molecular flexibility index (Phi) is 8.51. The molecule has 14 heteroatoms. The van der Waals surface area contributed by atoms with Gasteiger partial charge in [0.25, 0.3) is 10.2 Å². The van der Waals surface area contributed by atoms with Gasteiger partial charge >= 0.3 is 12.2 Å². The number of hydrogen-bond donors (Lipinski definition) is 4. The molecule has 1 aliphatic rings. The maximum atomic E-state index is 13.3. The van der Waals surface area contributed by atoms with E-state index in [4.69, 9.17) is 5.14 Å². The lowest BCUT2D eigenvalue weighted by atomic mass is 9.94. The fourth-order valence-electron chi connectivity index (χ4n) is 3.73. The molecule has 0 bridgehead atoms. The van der Waals surface area contributed by atoms with Crippen molar-refractivity contribution in [2.24, 2.45) is 11.1 Å². The summed E-state index contributed by atoms with van der Waals surface area (Å²) in [4.78, 5) is 22.1. The van der Waals surface area contributed by atoms with Gasteiger partial charge in [0.2, 0.25) is 0 Å². The van der Waals surface area contributed by atoms with Crippen molar-refractivity contribution in [2.75, 3.05) is 23.3 Å². The zero-order valence-electron chi connectivity index (χ0n) is 19.1. The summed E-state index contributed by atoms with van der Waals surface area (Å²) in [5.74, 6) is 0.767. The quantitative estimate of drug-likeness (QED) is 0.426. The zero-order chi connectivity index (χ0) is 25.6. The van der Waals surface area contributed by atoms with Gasteiger partial charge in [-0.3, -0.25) is 4.98 Å². The van der Waals surface area contributed by atoms with Crippen LogP contribution in [0, 0.1) is 5.92 Å². The highest BCUT2D eigenvalue weighted by molar-refractivity contribution is 7.87. The summed E-state index contributed by atoms with van der Waals surface area (Å²) in [7, 11) is -3.85. The molecule has 1 fully saturated rings. The number of pyridine rings is 2. The van der Waals surface area contributed by atoms with Crippen LogP contribution >= 0.6 is 0 Å². The highest BCUT2D eigenvalue weighted by Crippen LogP contribution is 2.32. The monoisotopic (exact) mass is 515 g/mol. The average molecular weight is 516 g/mol. The van der Waals surface area contributed by atoms with E-state index < -0.39 is 28.1 Å². The van der Waals surface area contributed by atoms with Crippen molar-refractivity contribution in [3.05, 3.63) is 47.4 Å². The number of nitrogens with zero attached hydrogens (tertiary/aromatic N) is 3. The van der Waals surface area contributed by atoms with Gasteiger partial charge in [-0.1, -0.05) is 19.4 Å². The fraction of sp³-hybridized carbons (Fsp3) is 0.476. The van der Waals surface area contributed by atoms with Crippen LogP contribution < -0.4 is 25.4 Å². The Morgan fingerprint density at radius 1 is 1.17 bits per heavy atom. The number of halogens is 3. The minimum absolute atomic E-state index is 0.0240. The molecule has 192 valence electrons. The largest absolute Gasteiger partial charge is 0.433 e. The number of amides is 2. The van der Waals surface area contributed by atoms with Gasteiger partial charge in [0.1, 0.15) is 11.5 Å². The van der Waals surface area contributed by atoms with Crippen LogP contribution in [0.5, 0.6) is 0 Å². The molecule has 3 heterocycles. The van der Waals surface area contributed by atoms with Gasteiger partial charge in [-0.2, -0.15) is 26.3 Å². The van der Waals surface area contributed by atoms with Gasteiger partial charge in [-0.05, 0) is 37.0 Å². The summed E-state index contributed by atoms with van der Waals surface area (Å²) >= 11 is 0. The number of anilines is 2. The molecule has 0 unspecified atom stereocenters. The Labute approximate surface area is 201 Å². The number of alkyl halides is 3. The van der Waals surface area contributed by atoms with Gasteiger partial charge < -0.3 is 15.5 Å². The number of aromatic nitrogens is 2. The first-order chi connectivity index (χ1) is 16.4. The third kappa shape index (κ3) is 8.04. The van der Waals surface area contributed by atoms with Gasteiger partial charge in [0.05, 0.1) is 24.1 Å². The predicted octanol–water partition coefficient (Wildman–Crippen LogP) is 2.74. The Morgan fingerprint density at radius 3 is 2.46 bits per heavy atom. The van der Waals surface area contributed by atoms with E-state index in [1.165, 1.54) is 24.4 Å². The highest BCUT2D eigenvalue weighted by Gasteiger charge is 2.34. The molecule has 2 aromatic rings. The number of carbonyl (C=O) groups excluding carboxylic acids is 1. The number of hydrogen-bond acceptors (Lipinski definition) is 6. The number of carbonyl (C=O) groups is 1. The van der Waals surface area contributed by atoms with E-state index >= 15 is 0 Å². The lowest BCUT2D eigenvalue weighted by molar-refractivity contribution is -0.141. The minimum Gasteiger partial charge on any atom is -0.356 e. The van der Waals surface area contributed by atoms with Crippen LogP contribution in [0.25, 0.3) is 0 Å². The van der Waals surface area contributed by atoms with Gasteiger partial charge in [0.15, 0.2) is 0 Å². The molecule has 0 saturated carbocycles. The van der Waals surface area contributed by atoms with Crippen molar-refractivity contribution in [2.45, 2.75) is 45.5 Å². The molecule has 0 spiro atoms. The number of urea groups is 1. The molecule has 1 saturated heterocycles. The maximum absolute atomic E-state index is 13.3.